The lowest BCUT2D eigenvalue weighted by molar-refractivity contribution is 0.0983. The van der Waals surface area contributed by atoms with Crippen molar-refractivity contribution in [3.63, 3.8) is 0 Å². The highest BCUT2D eigenvalue weighted by atomic mass is 16.1. The van der Waals surface area contributed by atoms with Gasteiger partial charge in [0.05, 0.1) is 11.4 Å². The Labute approximate surface area is 103 Å². The number of nitrogens with zero attached hydrogens (tertiary/aromatic N) is 2. The van der Waals surface area contributed by atoms with Crippen molar-refractivity contribution >= 4 is 11.5 Å². The molecule has 0 saturated carbocycles. The Morgan fingerprint density at radius 2 is 2.00 bits per heavy atom. The molecule has 0 bridgehead atoms. The van der Waals surface area contributed by atoms with Gasteiger partial charge in [0.15, 0.2) is 5.78 Å². The average molecular weight is 232 g/mol. The number of ketones is 1. The molecule has 1 aromatic heterocycles. The predicted molar refractivity (Wildman–Crippen MR) is 70.8 cm³/mol. The van der Waals surface area contributed by atoms with Crippen molar-refractivity contribution in [3.05, 3.63) is 29.6 Å². The van der Waals surface area contributed by atoms with E-state index in [1.165, 1.54) is 0 Å². The predicted octanol–water partition coefficient (Wildman–Crippen LogP) is 3.28. The van der Waals surface area contributed by atoms with E-state index in [1.54, 1.807) is 6.07 Å². The Morgan fingerprint density at radius 1 is 1.29 bits per heavy atom. The lowest BCUT2D eigenvalue weighted by Gasteiger charge is -2.03. The van der Waals surface area contributed by atoms with Crippen molar-refractivity contribution in [2.75, 3.05) is 6.54 Å². The van der Waals surface area contributed by atoms with Crippen molar-refractivity contribution in [1.29, 1.82) is 0 Å². The van der Waals surface area contributed by atoms with Crippen LogP contribution in [0.15, 0.2) is 23.2 Å². The minimum absolute atomic E-state index is 0.0770. The number of carbonyl (C=O) groups is 1. The standard InChI is InChI=1S/C14H20N2O/c1-4-6-10-15-11(3)12-8-7-9-13(16-12)14(17)5-2/h7-9H,4-6,10H2,1-3H3. The number of rotatable bonds is 6. The minimum Gasteiger partial charge on any atom is -0.292 e. The lowest BCUT2D eigenvalue weighted by Crippen LogP contribution is -2.06. The van der Waals surface area contributed by atoms with Crippen molar-refractivity contribution < 1.29 is 4.79 Å². The van der Waals surface area contributed by atoms with Crippen LogP contribution in [0.3, 0.4) is 0 Å². The van der Waals surface area contributed by atoms with Crippen LogP contribution < -0.4 is 0 Å². The van der Waals surface area contributed by atoms with Gasteiger partial charge in [0.2, 0.25) is 0 Å². The molecule has 3 heteroatoms. The third kappa shape index (κ3) is 4.10. The van der Waals surface area contributed by atoms with Crippen LogP contribution >= 0.6 is 0 Å². The maximum Gasteiger partial charge on any atom is 0.180 e. The van der Waals surface area contributed by atoms with Crippen molar-refractivity contribution in [2.24, 2.45) is 4.99 Å². The molecule has 0 aromatic carbocycles. The number of aromatic nitrogens is 1. The van der Waals surface area contributed by atoms with Gasteiger partial charge >= 0.3 is 0 Å². The molecular formula is C14H20N2O. The van der Waals surface area contributed by atoms with Gasteiger partial charge in [0, 0.05) is 13.0 Å². The highest BCUT2D eigenvalue weighted by Gasteiger charge is 2.06. The van der Waals surface area contributed by atoms with Crippen molar-refractivity contribution in [1.82, 2.24) is 4.98 Å². The molecule has 0 spiro atoms. The third-order valence-electron chi connectivity index (χ3n) is 2.59. The number of hydrogen-bond donors (Lipinski definition) is 0. The van der Waals surface area contributed by atoms with Crippen molar-refractivity contribution in [2.45, 2.75) is 40.0 Å². The second kappa shape index (κ2) is 6.94. The molecule has 0 amide bonds. The molecule has 1 aromatic rings. The molecule has 1 rings (SSSR count). The van der Waals surface area contributed by atoms with E-state index in [9.17, 15) is 4.79 Å². The normalized spacial score (nSPS) is 11.6. The summed E-state index contributed by atoms with van der Waals surface area (Å²) in [5.41, 5.74) is 2.25. The maximum atomic E-state index is 11.5. The first kappa shape index (κ1) is 13.6. The smallest absolute Gasteiger partial charge is 0.180 e. The molecule has 0 N–H and O–H groups in total. The van der Waals surface area contributed by atoms with Gasteiger partial charge in [0.25, 0.3) is 0 Å². The summed E-state index contributed by atoms with van der Waals surface area (Å²) < 4.78 is 0. The Bertz CT molecular complexity index is 410. The average Bonchev–Trinajstić information content (AvgIpc) is 2.38. The van der Waals surface area contributed by atoms with Gasteiger partial charge in [-0.25, -0.2) is 4.98 Å². The first-order valence-electron chi connectivity index (χ1n) is 6.20. The van der Waals surface area contributed by atoms with Crippen LogP contribution in [0.1, 0.15) is 56.2 Å². The summed E-state index contributed by atoms with van der Waals surface area (Å²) in [6.45, 7) is 6.76. The second-order valence-corrected chi connectivity index (χ2v) is 4.01. The van der Waals surface area contributed by atoms with Gasteiger partial charge in [-0.15, -0.1) is 0 Å². The fourth-order valence-electron chi connectivity index (χ4n) is 1.46. The Kier molecular flexibility index (Phi) is 5.53. The quantitative estimate of drug-likeness (QED) is 0.429. The molecule has 0 atom stereocenters. The van der Waals surface area contributed by atoms with Crippen LogP contribution in [-0.4, -0.2) is 23.0 Å². The second-order valence-electron chi connectivity index (χ2n) is 4.01. The Balaban J connectivity index is 2.84. The van der Waals surface area contributed by atoms with Gasteiger partial charge < -0.3 is 0 Å². The first-order valence-corrected chi connectivity index (χ1v) is 6.20. The summed E-state index contributed by atoms with van der Waals surface area (Å²) in [5.74, 6) is 0.0770. The molecular weight excluding hydrogens is 212 g/mol. The molecule has 0 unspecified atom stereocenters. The van der Waals surface area contributed by atoms with E-state index in [1.807, 2.05) is 26.0 Å². The van der Waals surface area contributed by atoms with Gasteiger partial charge in [-0.1, -0.05) is 26.3 Å². The summed E-state index contributed by atoms with van der Waals surface area (Å²) in [5, 5.41) is 0. The summed E-state index contributed by atoms with van der Waals surface area (Å²) >= 11 is 0. The van der Waals surface area contributed by atoms with Gasteiger partial charge in [-0.05, 0) is 25.5 Å². The summed E-state index contributed by atoms with van der Waals surface area (Å²) in [6.07, 6.45) is 2.71. The van der Waals surface area contributed by atoms with E-state index < -0.39 is 0 Å². The minimum atomic E-state index is 0.0770. The fraction of sp³-hybridized carbons (Fsp3) is 0.500. The molecule has 0 radical (unpaired) electrons. The Morgan fingerprint density at radius 3 is 2.65 bits per heavy atom. The summed E-state index contributed by atoms with van der Waals surface area (Å²) in [4.78, 5) is 20.3. The van der Waals surface area contributed by atoms with Crippen LogP contribution in [0, 0.1) is 0 Å². The SMILES string of the molecule is CCCCN=C(C)c1cccc(C(=O)CC)n1. The zero-order valence-corrected chi connectivity index (χ0v) is 10.9. The molecule has 3 nitrogen and oxygen atoms in total. The van der Waals surface area contributed by atoms with E-state index >= 15 is 0 Å². The molecule has 1 heterocycles. The zero-order chi connectivity index (χ0) is 12.7. The van der Waals surface area contributed by atoms with Crippen LogP contribution in [-0.2, 0) is 0 Å². The largest absolute Gasteiger partial charge is 0.292 e. The van der Waals surface area contributed by atoms with Crippen LogP contribution in [0.5, 0.6) is 0 Å². The van der Waals surface area contributed by atoms with Gasteiger partial charge in [-0.2, -0.15) is 0 Å². The van der Waals surface area contributed by atoms with E-state index in [2.05, 4.69) is 16.9 Å². The van der Waals surface area contributed by atoms with Gasteiger partial charge in [-0.3, -0.25) is 9.79 Å². The van der Waals surface area contributed by atoms with Gasteiger partial charge in [0.1, 0.15) is 5.69 Å². The number of Topliss-reactive ketones (excluding diaryl/α,β-unsaturated/α-hetero) is 1. The number of hydrogen-bond acceptors (Lipinski definition) is 3. The molecule has 0 aliphatic rings. The maximum absolute atomic E-state index is 11.5. The van der Waals surface area contributed by atoms with Crippen LogP contribution in [0.2, 0.25) is 0 Å². The van der Waals surface area contributed by atoms with Crippen molar-refractivity contribution in [3.8, 4) is 0 Å². The van der Waals surface area contributed by atoms with E-state index in [4.69, 9.17) is 0 Å². The molecule has 92 valence electrons. The number of aliphatic imine (C=N–C) groups is 1. The molecule has 0 aliphatic heterocycles. The molecule has 0 fully saturated rings. The summed E-state index contributed by atoms with van der Waals surface area (Å²) in [7, 11) is 0. The topological polar surface area (TPSA) is 42.3 Å². The van der Waals surface area contributed by atoms with Crippen LogP contribution in [0.4, 0.5) is 0 Å². The molecule has 0 aliphatic carbocycles. The highest BCUT2D eigenvalue weighted by Crippen LogP contribution is 2.04. The molecule has 0 saturated heterocycles. The lowest BCUT2D eigenvalue weighted by atomic mass is 10.2. The van der Waals surface area contributed by atoms with E-state index in [-0.39, 0.29) is 5.78 Å². The first-order chi connectivity index (χ1) is 8.19. The van der Waals surface area contributed by atoms with E-state index in [0.29, 0.717) is 12.1 Å². The highest BCUT2D eigenvalue weighted by molar-refractivity contribution is 5.99. The fourth-order valence-corrected chi connectivity index (χ4v) is 1.46. The number of unbranched alkanes of at least 4 members (excludes halogenated alkanes) is 1. The Hall–Kier alpha value is -1.51. The number of pyridine rings is 1. The molecule has 17 heavy (non-hydrogen) atoms. The van der Waals surface area contributed by atoms with E-state index in [0.717, 1.165) is 30.8 Å². The summed E-state index contributed by atoms with van der Waals surface area (Å²) in [6, 6.07) is 5.52. The van der Waals surface area contributed by atoms with Crippen LogP contribution in [0.25, 0.3) is 0 Å². The number of carbonyl (C=O) groups excluding carboxylic acids is 1. The third-order valence-corrected chi connectivity index (χ3v) is 2.59. The zero-order valence-electron chi connectivity index (χ0n) is 10.9. The monoisotopic (exact) mass is 232 g/mol.